The van der Waals surface area contributed by atoms with Crippen LogP contribution in [0, 0.1) is 12.8 Å². The number of hydrogen-bond acceptors (Lipinski definition) is 12. The lowest BCUT2D eigenvalue weighted by Gasteiger charge is -2.35. The predicted octanol–water partition coefficient (Wildman–Crippen LogP) is 1.71. The van der Waals surface area contributed by atoms with Gasteiger partial charge in [0, 0.05) is 82.9 Å². The van der Waals surface area contributed by atoms with Crippen LogP contribution in [-0.4, -0.2) is 117 Å². The van der Waals surface area contributed by atoms with E-state index in [4.69, 9.17) is 15.0 Å². The topological polar surface area (TPSA) is 164 Å². The highest BCUT2D eigenvalue weighted by atomic mass is 16.2. The molecule has 2 amide bonds. The van der Waals surface area contributed by atoms with E-state index >= 15 is 0 Å². The number of carbonyl (C=O) groups is 2. The molecule has 3 fully saturated rings. The molecule has 0 bridgehead atoms. The fourth-order valence-electron chi connectivity index (χ4n) is 4.90. The van der Waals surface area contributed by atoms with Crippen molar-refractivity contribution in [2.45, 2.75) is 44.6 Å². The third-order valence-corrected chi connectivity index (χ3v) is 7.56. The summed E-state index contributed by atoms with van der Waals surface area (Å²) in [5.41, 5.74) is 1.17. The Hall–Kier alpha value is -4.84. The smallest absolute Gasteiger partial charge is 0.236 e. The Kier molecular flexibility index (Phi) is 11.4. The Balaban J connectivity index is 0.000000343. The van der Waals surface area contributed by atoms with Gasteiger partial charge in [-0.3, -0.25) is 24.6 Å². The van der Waals surface area contributed by atoms with Crippen LogP contribution in [0.15, 0.2) is 24.7 Å². The third-order valence-electron chi connectivity index (χ3n) is 7.56. The summed E-state index contributed by atoms with van der Waals surface area (Å²) in [5.74, 6) is 3.86. The minimum atomic E-state index is 0.130. The number of nitrogens with one attached hydrogen (secondary N) is 3. The molecule has 2 aliphatic heterocycles. The van der Waals surface area contributed by atoms with Gasteiger partial charge in [-0.2, -0.15) is 20.1 Å². The highest BCUT2D eigenvalue weighted by molar-refractivity contribution is 5.77. The van der Waals surface area contributed by atoms with Gasteiger partial charge in [-0.15, -0.1) is 12.8 Å². The molecule has 1 saturated carbocycles. The molecular formula is C29H41N13O2. The minimum absolute atomic E-state index is 0.130. The second-order valence-corrected chi connectivity index (χ2v) is 11.0. The molecule has 15 nitrogen and oxygen atoms in total. The van der Waals surface area contributed by atoms with Crippen LogP contribution in [0.1, 0.15) is 44.2 Å². The molecule has 44 heavy (non-hydrogen) atoms. The van der Waals surface area contributed by atoms with Gasteiger partial charge in [0.15, 0.2) is 11.6 Å². The Bertz CT molecular complexity index is 1370. The van der Waals surface area contributed by atoms with Crippen LogP contribution in [0.4, 0.5) is 29.5 Å². The number of likely N-dealkylation sites (N-methyl/N-ethyl adjacent to an activating group) is 1. The molecule has 15 heteroatoms. The molecule has 0 radical (unpaired) electrons. The van der Waals surface area contributed by atoms with Crippen LogP contribution in [-0.2, 0) is 9.59 Å². The van der Waals surface area contributed by atoms with Crippen LogP contribution in [0.2, 0.25) is 0 Å². The summed E-state index contributed by atoms with van der Waals surface area (Å²) in [5, 5.41) is 13.2. The van der Waals surface area contributed by atoms with Crippen molar-refractivity contribution in [1.82, 2.24) is 44.9 Å². The van der Waals surface area contributed by atoms with Crippen LogP contribution >= 0.6 is 0 Å². The summed E-state index contributed by atoms with van der Waals surface area (Å²) in [6, 6.07) is 2.47. The van der Waals surface area contributed by atoms with Crippen molar-refractivity contribution in [2.24, 2.45) is 0 Å². The molecule has 0 unspecified atom stereocenters. The quantitative estimate of drug-likeness (QED) is 0.240. The van der Waals surface area contributed by atoms with E-state index in [1.54, 1.807) is 19.0 Å². The Labute approximate surface area is 257 Å². The zero-order valence-electron chi connectivity index (χ0n) is 25.6. The number of terminal acetylenes is 1. The van der Waals surface area contributed by atoms with Gasteiger partial charge >= 0.3 is 0 Å². The molecule has 3 N–H and O–H groups in total. The molecular weight excluding hydrogens is 562 g/mol. The van der Waals surface area contributed by atoms with E-state index in [0.29, 0.717) is 42.6 Å². The average molecular weight is 604 g/mol. The summed E-state index contributed by atoms with van der Waals surface area (Å²) in [4.78, 5) is 52.0. The molecule has 6 rings (SSSR count). The van der Waals surface area contributed by atoms with Gasteiger partial charge in [-0.05, 0) is 32.6 Å². The summed E-state index contributed by atoms with van der Waals surface area (Å²) < 4.78 is 0. The van der Waals surface area contributed by atoms with E-state index < -0.39 is 0 Å². The average Bonchev–Trinajstić information content (AvgIpc) is 3.64. The maximum atomic E-state index is 12.1. The number of rotatable bonds is 9. The number of amides is 2. The highest BCUT2D eigenvalue weighted by Crippen LogP contribution is 2.39. The lowest BCUT2D eigenvalue weighted by Crippen LogP contribution is -2.50. The van der Waals surface area contributed by atoms with Crippen molar-refractivity contribution in [3.8, 4) is 12.8 Å². The fourth-order valence-corrected chi connectivity index (χ4v) is 4.90. The number of hydrogen-bond donors (Lipinski definition) is 3. The molecule has 0 aromatic carbocycles. The van der Waals surface area contributed by atoms with Gasteiger partial charge in [0.2, 0.25) is 30.2 Å². The second kappa shape index (κ2) is 15.6. The first-order valence-electron chi connectivity index (χ1n) is 14.7. The van der Waals surface area contributed by atoms with E-state index in [9.17, 15) is 9.59 Å². The van der Waals surface area contributed by atoms with E-state index in [1.165, 1.54) is 37.1 Å². The Morgan fingerprint density at radius 3 is 2.41 bits per heavy atom. The number of aromatic amines is 1. The normalized spacial score (nSPS) is 17.9. The number of piperazine rings is 1. The van der Waals surface area contributed by atoms with Crippen LogP contribution in [0.25, 0.3) is 0 Å². The standard InChI is InChI=1S/C22H34N10O.C5H5N3O.C2H2/c1-15-5-4-8-32(15)22-25-20(23-18-13-17(27-28-18)16-6-7-16)24-21(26-22)31-11-9-30(10-12-31)14-19(33)29(2)3;9-4-8-5-3-6-1-2-7-5;1-2/h13,15-16H,4-12,14H2,1-3H3,(H2,23,24,25,26,27,28);1-4H,(H,7,8,9);1-2H/t15-;;/m0../s1. The SMILES string of the molecule is C#C.C[C@H]1CCCN1c1nc(Nc2cc(C3CC3)[nH]n2)nc(N2CCN(CC(=O)N(C)C)CC2)n1.O=CNc1cnccn1. The number of carbonyl (C=O) groups excluding carboxylic acids is 2. The van der Waals surface area contributed by atoms with Crippen molar-refractivity contribution in [1.29, 1.82) is 0 Å². The summed E-state index contributed by atoms with van der Waals surface area (Å²) in [6.45, 7) is 6.77. The van der Waals surface area contributed by atoms with E-state index in [1.807, 2.05) is 0 Å². The maximum absolute atomic E-state index is 12.1. The van der Waals surface area contributed by atoms with Crippen LogP contribution in [0.3, 0.4) is 0 Å². The number of anilines is 5. The van der Waals surface area contributed by atoms with Crippen molar-refractivity contribution >= 4 is 41.8 Å². The molecule has 3 aliphatic rings. The van der Waals surface area contributed by atoms with Crippen molar-refractivity contribution in [3.63, 3.8) is 0 Å². The summed E-state index contributed by atoms with van der Waals surface area (Å²) in [6.07, 6.45) is 17.8. The predicted molar refractivity (Wildman–Crippen MR) is 169 cm³/mol. The van der Waals surface area contributed by atoms with Gasteiger partial charge in [-0.25, -0.2) is 4.98 Å². The fraction of sp³-hybridized carbons (Fsp3) is 0.517. The molecule has 234 valence electrons. The second-order valence-electron chi connectivity index (χ2n) is 11.0. The van der Waals surface area contributed by atoms with Crippen molar-refractivity contribution in [3.05, 3.63) is 30.4 Å². The first-order chi connectivity index (χ1) is 21.4. The van der Waals surface area contributed by atoms with Gasteiger partial charge < -0.3 is 25.3 Å². The highest BCUT2D eigenvalue weighted by Gasteiger charge is 2.28. The number of aromatic nitrogens is 7. The van der Waals surface area contributed by atoms with E-state index in [2.05, 4.69) is 71.3 Å². The van der Waals surface area contributed by atoms with Crippen LogP contribution in [0.5, 0.6) is 0 Å². The zero-order valence-corrected chi connectivity index (χ0v) is 25.6. The molecule has 3 aromatic heterocycles. The van der Waals surface area contributed by atoms with Gasteiger partial charge in [-0.1, -0.05) is 0 Å². The first-order valence-corrected chi connectivity index (χ1v) is 14.7. The Morgan fingerprint density at radius 1 is 1.05 bits per heavy atom. The van der Waals surface area contributed by atoms with Crippen LogP contribution < -0.4 is 20.4 Å². The largest absolute Gasteiger partial charge is 0.348 e. The van der Waals surface area contributed by atoms with Crippen molar-refractivity contribution < 1.29 is 9.59 Å². The molecule has 1 atom stereocenters. The molecule has 2 saturated heterocycles. The summed E-state index contributed by atoms with van der Waals surface area (Å²) in [7, 11) is 3.59. The lowest BCUT2D eigenvalue weighted by atomic mass is 10.2. The van der Waals surface area contributed by atoms with Gasteiger partial charge in [0.25, 0.3) is 0 Å². The number of H-pyrrole nitrogens is 1. The zero-order chi connectivity index (χ0) is 31.5. The van der Waals surface area contributed by atoms with E-state index in [0.717, 1.165) is 57.3 Å². The molecule has 3 aromatic rings. The van der Waals surface area contributed by atoms with Gasteiger partial charge in [0.1, 0.15) is 0 Å². The number of nitrogens with zero attached hydrogens (tertiary/aromatic N) is 10. The first kappa shape index (κ1) is 32.1. The third kappa shape index (κ3) is 8.83. The molecule has 1 aliphatic carbocycles. The summed E-state index contributed by atoms with van der Waals surface area (Å²) >= 11 is 0. The monoisotopic (exact) mass is 603 g/mol. The Morgan fingerprint density at radius 2 is 1.80 bits per heavy atom. The van der Waals surface area contributed by atoms with Gasteiger partial charge in [0.05, 0.1) is 12.7 Å². The van der Waals surface area contributed by atoms with Crippen molar-refractivity contribution in [2.75, 3.05) is 73.8 Å². The maximum Gasteiger partial charge on any atom is 0.236 e. The van der Waals surface area contributed by atoms with E-state index in [-0.39, 0.29) is 5.91 Å². The minimum Gasteiger partial charge on any atom is -0.348 e. The molecule has 0 spiro atoms. The lowest BCUT2D eigenvalue weighted by molar-refractivity contribution is -0.130. The molecule has 5 heterocycles.